The van der Waals surface area contributed by atoms with Gasteiger partial charge in [0.1, 0.15) is 5.69 Å². The van der Waals surface area contributed by atoms with Gasteiger partial charge in [0.25, 0.3) is 5.91 Å². The maximum Gasteiger partial charge on any atom is 0.339 e. The molecule has 1 fully saturated rings. The fraction of sp³-hybridized carbons (Fsp3) is 0.375. The van der Waals surface area contributed by atoms with Crippen molar-refractivity contribution in [1.29, 1.82) is 0 Å². The molecule has 2 aromatic rings. The van der Waals surface area contributed by atoms with Crippen molar-refractivity contribution in [2.45, 2.75) is 18.8 Å². The Hall–Kier alpha value is -2.70. The van der Waals surface area contributed by atoms with Crippen molar-refractivity contribution in [1.82, 2.24) is 20.1 Å². The van der Waals surface area contributed by atoms with E-state index in [4.69, 9.17) is 0 Å². The van der Waals surface area contributed by atoms with Crippen LogP contribution in [0.5, 0.6) is 0 Å². The maximum atomic E-state index is 12.5. The first-order valence-electron chi connectivity index (χ1n) is 7.51. The molecule has 1 N–H and O–H groups in total. The molecule has 3 rings (SSSR count). The fourth-order valence-electron chi connectivity index (χ4n) is 2.82. The average molecular weight is 314 g/mol. The van der Waals surface area contributed by atoms with Crippen LogP contribution in [0, 0.1) is 0 Å². The monoisotopic (exact) mass is 314 g/mol. The van der Waals surface area contributed by atoms with Gasteiger partial charge in [-0.05, 0) is 36.5 Å². The maximum absolute atomic E-state index is 12.5. The average Bonchev–Trinajstić information content (AvgIpc) is 3.15. The summed E-state index contributed by atoms with van der Waals surface area (Å²) in [7, 11) is 1.31. The third kappa shape index (κ3) is 3.23. The number of H-pyrrole nitrogens is 1. The molecule has 23 heavy (non-hydrogen) atoms. The van der Waals surface area contributed by atoms with E-state index in [9.17, 15) is 9.59 Å². The largest absolute Gasteiger partial charge is 0.465 e. The van der Waals surface area contributed by atoms with Gasteiger partial charge in [-0.15, -0.1) is 0 Å². The van der Waals surface area contributed by atoms with Crippen molar-refractivity contribution in [2.75, 3.05) is 20.2 Å². The van der Waals surface area contributed by atoms with Gasteiger partial charge in [-0.25, -0.2) is 4.79 Å². The van der Waals surface area contributed by atoms with Gasteiger partial charge < -0.3 is 9.64 Å². The van der Waals surface area contributed by atoms with Crippen LogP contribution in [0.15, 0.2) is 30.7 Å². The van der Waals surface area contributed by atoms with E-state index in [0.717, 1.165) is 12.8 Å². The van der Waals surface area contributed by atoms with E-state index in [-0.39, 0.29) is 5.91 Å². The van der Waals surface area contributed by atoms with E-state index in [0.29, 0.717) is 30.3 Å². The van der Waals surface area contributed by atoms with E-state index in [2.05, 4.69) is 19.9 Å². The summed E-state index contributed by atoms with van der Waals surface area (Å²) in [4.78, 5) is 29.7. The third-order valence-electron chi connectivity index (χ3n) is 4.18. The second-order valence-electron chi connectivity index (χ2n) is 5.52. The molecule has 0 aliphatic carbocycles. The molecule has 0 saturated carbocycles. The molecular formula is C16H18N4O3. The summed E-state index contributed by atoms with van der Waals surface area (Å²) in [6.45, 7) is 1.38. The summed E-state index contributed by atoms with van der Waals surface area (Å²) < 4.78 is 4.62. The number of hydrogen-bond acceptors (Lipinski definition) is 5. The molecule has 0 unspecified atom stereocenters. The minimum Gasteiger partial charge on any atom is -0.465 e. The van der Waals surface area contributed by atoms with Gasteiger partial charge in [-0.1, -0.05) is 0 Å². The van der Waals surface area contributed by atoms with Crippen LogP contribution in [-0.4, -0.2) is 52.2 Å². The third-order valence-corrected chi connectivity index (χ3v) is 4.18. The number of pyridine rings is 1. The standard InChI is InChI=1S/C16H18N4O3/c1-23-16(22)12-2-3-14(17-8-12)15(21)20-6-4-11(5-7-20)13-9-18-19-10-13/h2-3,8-11H,4-7H2,1H3,(H,18,19). The highest BCUT2D eigenvalue weighted by atomic mass is 16.5. The first-order chi connectivity index (χ1) is 11.2. The lowest BCUT2D eigenvalue weighted by atomic mass is 9.91. The van der Waals surface area contributed by atoms with Crippen LogP contribution in [0.4, 0.5) is 0 Å². The number of methoxy groups -OCH3 is 1. The van der Waals surface area contributed by atoms with Crippen molar-refractivity contribution in [3.63, 3.8) is 0 Å². The number of amides is 1. The second kappa shape index (κ2) is 6.60. The minimum atomic E-state index is -0.461. The number of aromatic amines is 1. The van der Waals surface area contributed by atoms with Crippen LogP contribution >= 0.6 is 0 Å². The molecule has 2 aromatic heterocycles. The van der Waals surface area contributed by atoms with Gasteiger partial charge >= 0.3 is 5.97 Å². The summed E-state index contributed by atoms with van der Waals surface area (Å²) in [5.41, 5.74) is 1.87. The molecule has 0 radical (unpaired) electrons. The van der Waals surface area contributed by atoms with Gasteiger partial charge in [0.15, 0.2) is 0 Å². The highest BCUT2D eigenvalue weighted by Gasteiger charge is 2.25. The smallest absolute Gasteiger partial charge is 0.339 e. The fourth-order valence-corrected chi connectivity index (χ4v) is 2.82. The van der Waals surface area contributed by atoms with Crippen LogP contribution < -0.4 is 0 Å². The van der Waals surface area contributed by atoms with Gasteiger partial charge in [-0.2, -0.15) is 5.10 Å². The lowest BCUT2D eigenvalue weighted by molar-refractivity contribution is 0.0598. The zero-order chi connectivity index (χ0) is 16.2. The van der Waals surface area contributed by atoms with Crippen molar-refractivity contribution in [2.24, 2.45) is 0 Å². The Labute approximate surface area is 133 Å². The Bertz CT molecular complexity index is 674. The summed E-state index contributed by atoms with van der Waals surface area (Å²) in [6, 6.07) is 3.13. The molecule has 0 bridgehead atoms. The summed E-state index contributed by atoms with van der Waals surface area (Å²) in [5.74, 6) is -0.128. The van der Waals surface area contributed by atoms with Crippen LogP contribution in [0.3, 0.4) is 0 Å². The van der Waals surface area contributed by atoms with Crippen LogP contribution in [0.2, 0.25) is 0 Å². The molecule has 120 valence electrons. The second-order valence-corrected chi connectivity index (χ2v) is 5.52. The number of aromatic nitrogens is 3. The van der Waals surface area contributed by atoms with E-state index < -0.39 is 5.97 Å². The predicted octanol–water partition coefficient (Wildman–Crippen LogP) is 1.61. The number of piperidine rings is 1. The Morgan fingerprint density at radius 1 is 1.26 bits per heavy atom. The first-order valence-corrected chi connectivity index (χ1v) is 7.51. The zero-order valence-corrected chi connectivity index (χ0v) is 12.9. The van der Waals surface area contributed by atoms with Crippen LogP contribution in [0.1, 0.15) is 45.2 Å². The minimum absolute atomic E-state index is 0.105. The number of rotatable bonds is 3. The van der Waals surface area contributed by atoms with E-state index in [1.54, 1.807) is 17.0 Å². The first kappa shape index (κ1) is 15.2. The molecule has 1 amide bonds. The number of nitrogens with zero attached hydrogens (tertiary/aromatic N) is 3. The van der Waals surface area contributed by atoms with E-state index in [1.165, 1.54) is 18.9 Å². The predicted molar refractivity (Wildman–Crippen MR) is 82.0 cm³/mol. The summed E-state index contributed by atoms with van der Waals surface area (Å²) in [6.07, 6.45) is 6.94. The molecule has 0 atom stereocenters. The van der Waals surface area contributed by atoms with Gasteiger partial charge in [0, 0.05) is 25.5 Å². The molecule has 1 saturated heterocycles. The SMILES string of the molecule is COC(=O)c1ccc(C(=O)N2CCC(c3cn[nH]c3)CC2)nc1. The van der Waals surface area contributed by atoms with E-state index in [1.807, 2.05) is 12.4 Å². The molecule has 7 nitrogen and oxygen atoms in total. The van der Waals surface area contributed by atoms with Gasteiger partial charge in [0.2, 0.25) is 0 Å². The Balaban J connectivity index is 1.62. The van der Waals surface area contributed by atoms with Gasteiger partial charge in [-0.3, -0.25) is 14.9 Å². The molecule has 7 heteroatoms. The Kier molecular flexibility index (Phi) is 4.36. The highest BCUT2D eigenvalue weighted by Crippen LogP contribution is 2.27. The Morgan fingerprint density at radius 3 is 2.61 bits per heavy atom. The van der Waals surface area contributed by atoms with E-state index >= 15 is 0 Å². The molecule has 1 aliphatic heterocycles. The van der Waals surface area contributed by atoms with Crippen molar-refractivity contribution < 1.29 is 14.3 Å². The van der Waals surface area contributed by atoms with Gasteiger partial charge in [0.05, 0.1) is 18.9 Å². The highest BCUT2D eigenvalue weighted by molar-refractivity contribution is 5.94. The molecule has 0 aromatic carbocycles. The van der Waals surface area contributed by atoms with Crippen LogP contribution in [0.25, 0.3) is 0 Å². The molecule has 3 heterocycles. The number of likely N-dealkylation sites (tertiary alicyclic amines) is 1. The number of esters is 1. The zero-order valence-electron chi connectivity index (χ0n) is 12.9. The molecular weight excluding hydrogens is 296 g/mol. The lowest BCUT2D eigenvalue weighted by Gasteiger charge is -2.31. The summed E-state index contributed by atoms with van der Waals surface area (Å²) >= 11 is 0. The number of hydrogen-bond donors (Lipinski definition) is 1. The number of ether oxygens (including phenoxy) is 1. The van der Waals surface area contributed by atoms with Crippen molar-refractivity contribution in [3.8, 4) is 0 Å². The van der Waals surface area contributed by atoms with Crippen LogP contribution in [-0.2, 0) is 4.74 Å². The normalized spacial score (nSPS) is 15.4. The molecule has 1 aliphatic rings. The van der Waals surface area contributed by atoms with Crippen molar-refractivity contribution >= 4 is 11.9 Å². The number of carbonyl (C=O) groups is 2. The quantitative estimate of drug-likeness (QED) is 0.870. The summed E-state index contributed by atoms with van der Waals surface area (Å²) in [5, 5.41) is 6.80. The Morgan fingerprint density at radius 2 is 2.04 bits per heavy atom. The number of carbonyl (C=O) groups excluding carboxylic acids is 2. The number of nitrogens with one attached hydrogen (secondary N) is 1. The topological polar surface area (TPSA) is 88.2 Å². The molecule has 0 spiro atoms. The lowest BCUT2D eigenvalue weighted by Crippen LogP contribution is -2.38. The van der Waals surface area contributed by atoms with Crippen molar-refractivity contribution in [3.05, 3.63) is 47.5 Å².